The van der Waals surface area contributed by atoms with Gasteiger partial charge in [0.15, 0.2) is 9.84 Å². The van der Waals surface area contributed by atoms with Crippen LogP contribution in [-0.4, -0.2) is 32.4 Å². The van der Waals surface area contributed by atoms with E-state index in [1.165, 1.54) is 7.11 Å². The van der Waals surface area contributed by atoms with Gasteiger partial charge in [-0.2, -0.15) is 0 Å². The number of methoxy groups -OCH3 is 1. The van der Waals surface area contributed by atoms with Crippen molar-refractivity contribution in [1.29, 1.82) is 0 Å². The van der Waals surface area contributed by atoms with Crippen LogP contribution >= 0.6 is 12.2 Å². The molecule has 0 aromatic heterocycles. The van der Waals surface area contributed by atoms with Gasteiger partial charge in [0.2, 0.25) is 0 Å². The van der Waals surface area contributed by atoms with Crippen molar-refractivity contribution >= 4 is 27.0 Å². The molecule has 0 spiro atoms. The third-order valence-electron chi connectivity index (χ3n) is 3.62. The van der Waals surface area contributed by atoms with Gasteiger partial charge in [0.25, 0.3) is 0 Å². The first-order chi connectivity index (χ1) is 8.84. The molecule has 0 heterocycles. The Labute approximate surface area is 118 Å². The van der Waals surface area contributed by atoms with Crippen molar-refractivity contribution in [3.8, 4) is 0 Å². The molecule has 0 saturated heterocycles. The highest BCUT2D eigenvalue weighted by Crippen LogP contribution is 2.53. The number of aryl methyl sites for hydroxylation is 1. The molecule has 1 aromatic rings. The number of benzene rings is 1. The van der Waals surface area contributed by atoms with Crippen molar-refractivity contribution in [1.82, 2.24) is 0 Å². The molecule has 2 atom stereocenters. The van der Waals surface area contributed by atoms with Crippen LogP contribution < -0.4 is 5.73 Å². The SMILES string of the molecule is COC[C@@]1(C(N)=S)C[C@@H]1S(=O)(=O)c1ccc(C)cc1. The van der Waals surface area contributed by atoms with Crippen molar-refractivity contribution in [3.63, 3.8) is 0 Å². The highest BCUT2D eigenvalue weighted by atomic mass is 32.2. The summed E-state index contributed by atoms with van der Waals surface area (Å²) in [6.45, 7) is 2.16. The second kappa shape index (κ2) is 4.85. The smallest absolute Gasteiger partial charge is 0.182 e. The molecular weight excluding hydrogens is 282 g/mol. The molecule has 0 unspecified atom stereocenters. The molecule has 1 aliphatic carbocycles. The minimum Gasteiger partial charge on any atom is -0.393 e. The number of ether oxygens (including phenoxy) is 1. The van der Waals surface area contributed by atoms with Crippen molar-refractivity contribution in [2.24, 2.45) is 11.1 Å². The van der Waals surface area contributed by atoms with Crippen LogP contribution in [0, 0.1) is 12.3 Å². The Morgan fingerprint density at radius 2 is 2.05 bits per heavy atom. The van der Waals surface area contributed by atoms with Gasteiger partial charge >= 0.3 is 0 Å². The average molecular weight is 299 g/mol. The molecule has 1 fully saturated rings. The first kappa shape index (κ1) is 14.4. The Hall–Kier alpha value is -0.980. The van der Waals surface area contributed by atoms with Gasteiger partial charge in [0.05, 0.1) is 27.2 Å². The zero-order valence-electron chi connectivity index (χ0n) is 10.9. The summed E-state index contributed by atoms with van der Waals surface area (Å²) in [7, 11) is -1.88. The van der Waals surface area contributed by atoms with E-state index in [-0.39, 0.29) is 11.6 Å². The van der Waals surface area contributed by atoms with E-state index < -0.39 is 20.5 Å². The Kier molecular flexibility index (Phi) is 3.68. The second-order valence-electron chi connectivity index (χ2n) is 5.00. The van der Waals surface area contributed by atoms with Crippen LogP contribution in [0.3, 0.4) is 0 Å². The topological polar surface area (TPSA) is 69.4 Å². The average Bonchev–Trinajstić information content (AvgIpc) is 3.07. The van der Waals surface area contributed by atoms with Crippen LogP contribution in [0.25, 0.3) is 0 Å². The molecule has 2 N–H and O–H groups in total. The summed E-state index contributed by atoms with van der Waals surface area (Å²) in [5.41, 5.74) is 6.02. The molecule has 0 radical (unpaired) electrons. The van der Waals surface area contributed by atoms with E-state index in [9.17, 15) is 8.42 Å². The van der Waals surface area contributed by atoms with Gasteiger partial charge in [-0.1, -0.05) is 29.9 Å². The standard InChI is InChI=1S/C13H17NO3S2/c1-9-3-5-10(6-4-9)19(15,16)11-7-13(11,8-17-2)12(14)18/h3-6,11H,7-8H2,1-2H3,(H2,14,18)/t11-,13-/m0/s1. The van der Waals surface area contributed by atoms with E-state index in [2.05, 4.69) is 0 Å². The van der Waals surface area contributed by atoms with Crippen LogP contribution in [0.4, 0.5) is 0 Å². The fourth-order valence-corrected chi connectivity index (χ4v) is 4.82. The summed E-state index contributed by atoms with van der Waals surface area (Å²) < 4.78 is 30.1. The van der Waals surface area contributed by atoms with E-state index in [1.54, 1.807) is 24.3 Å². The summed E-state index contributed by atoms with van der Waals surface area (Å²) in [6.07, 6.45) is 0.437. The molecule has 2 rings (SSSR count). The van der Waals surface area contributed by atoms with Crippen molar-refractivity contribution in [3.05, 3.63) is 29.8 Å². The van der Waals surface area contributed by atoms with Gasteiger partial charge in [-0.05, 0) is 25.5 Å². The number of sulfone groups is 1. The van der Waals surface area contributed by atoms with Gasteiger partial charge in [0.1, 0.15) is 0 Å². The summed E-state index contributed by atoms with van der Waals surface area (Å²) >= 11 is 5.01. The molecule has 4 nitrogen and oxygen atoms in total. The van der Waals surface area contributed by atoms with Crippen LogP contribution in [0.2, 0.25) is 0 Å². The summed E-state index contributed by atoms with van der Waals surface area (Å²) in [5, 5.41) is -0.569. The van der Waals surface area contributed by atoms with E-state index in [4.69, 9.17) is 22.7 Å². The normalized spacial score (nSPS) is 26.1. The molecule has 104 valence electrons. The number of thiocarbonyl (C=S) groups is 1. The highest BCUT2D eigenvalue weighted by molar-refractivity contribution is 7.92. The fourth-order valence-electron chi connectivity index (χ4n) is 2.31. The Morgan fingerprint density at radius 1 is 1.47 bits per heavy atom. The summed E-state index contributed by atoms with van der Waals surface area (Å²) in [4.78, 5) is 0.535. The molecule has 0 bridgehead atoms. The third kappa shape index (κ3) is 2.40. The molecular formula is C13H17NO3S2. The van der Waals surface area contributed by atoms with E-state index in [1.807, 2.05) is 6.92 Å². The monoisotopic (exact) mass is 299 g/mol. The van der Waals surface area contributed by atoms with E-state index in [0.717, 1.165) is 5.56 Å². The van der Waals surface area contributed by atoms with Crippen molar-refractivity contribution in [2.75, 3.05) is 13.7 Å². The number of hydrogen-bond donors (Lipinski definition) is 1. The molecule has 1 saturated carbocycles. The summed E-state index contributed by atoms with van der Waals surface area (Å²) in [6, 6.07) is 6.82. The minimum atomic E-state index is -3.40. The van der Waals surface area contributed by atoms with Gasteiger partial charge in [-0.15, -0.1) is 0 Å². The lowest BCUT2D eigenvalue weighted by Crippen LogP contribution is -2.32. The van der Waals surface area contributed by atoms with Gasteiger partial charge in [-0.25, -0.2) is 8.42 Å². The maximum absolute atomic E-state index is 12.5. The molecule has 1 aromatic carbocycles. The van der Waals surface area contributed by atoms with Gasteiger partial charge in [-0.3, -0.25) is 0 Å². The number of hydrogen-bond acceptors (Lipinski definition) is 4. The molecule has 0 aliphatic heterocycles. The predicted molar refractivity (Wildman–Crippen MR) is 77.9 cm³/mol. The highest BCUT2D eigenvalue weighted by Gasteiger charge is 2.63. The zero-order chi connectivity index (χ0) is 14.3. The first-order valence-corrected chi connectivity index (χ1v) is 7.89. The van der Waals surface area contributed by atoms with Crippen LogP contribution in [0.15, 0.2) is 29.2 Å². The van der Waals surface area contributed by atoms with Crippen molar-refractivity contribution < 1.29 is 13.2 Å². The van der Waals surface area contributed by atoms with Crippen molar-refractivity contribution in [2.45, 2.75) is 23.5 Å². The molecule has 1 aliphatic rings. The lowest BCUT2D eigenvalue weighted by Gasteiger charge is -2.15. The zero-order valence-corrected chi connectivity index (χ0v) is 12.6. The van der Waals surface area contributed by atoms with E-state index in [0.29, 0.717) is 11.3 Å². The molecule has 19 heavy (non-hydrogen) atoms. The largest absolute Gasteiger partial charge is 0.393 e. The van der Waals surface area contributed by atoms with Crippen LogP contribution in [0.1, 0.15) is 12.0 Å². The Balaban J connectivity index is 2.33. The van der Waals surface area contributed by atoms with Crippen LogP contribution in [0.5, 0.6) is 0 Å². The van der Waals surface area contributed by atoms with Gasteiger partial charge < -0.3 is 10.5 Å². The van der Waals surface area contributed by atoms with Crippen LogP contribution in [-0.2, 0) is 14.6 Å². The third-order valence-corrected chi connectivity index (χ3v) is 6.33. The maximum Gasteiger partial charge on any atom is 0.182 e. The Bertz CT molecular complexity index is 595. The first-order valence-electron chi connectivity index (χ1n) is 5.94. The lowest BCUT2D eigenvalue weighted by molar-refractivity contribution is 0.169. The number of rotatable bonds is 5. The lowest BCUT2D eigenvalue weighted by atomic mass is 10.1. The molecule has 6 heteroatoms. The second-order valence-corrected chi connectivity index (χ2v) is 7.57. The predicted octanol–water partition coefficient (Wildman–Crippen LogP) is 1.46. The maximum atomic E-state index is 12.5. The van der Waals surface area contributed by atoms with E-state index >= 15 is 0 Å². The minimum absolute atomic E-state index is 0.218. The molecule has 0 amide bonds. The van der Waals surface area contributed by atoms with Gasteiger partial charge in [0, 0.05) is 7.11 Å². The Morgan fingerprint density at radius 3 is 2.53 bits per heavy atom. The fraction of sp³-hybridized carbons (Fsp3) is 0.462. The quantitative estimate of drug-likeness (QED) is 0.834. The number of nitrogens with two attached hydrogens (primary N) is 1. The summed E-state index contributed by atoms with van der Waals surface area (Å²) in [5.74, 6) is 0.